The van der Waals surface area contributed by atoms with E-state index < -0.39 is 0 Å². The normalized spacial score (nSPS) is 11.2. The summed E-state index contributed by atoms with van der Waals surface area (Å²) in [6.07, 6.45) is 1.59. The van der Waals surface area contributed by atoms with Gasteiger partial charge in [-0.05, 0) is 30.3 Å². The number of rotatable bonds is 4. The lowest BCUT2D eigenvalue weighted by atomic mass is 10.2. The number of methoxy groups -OCH3 is 2. The Morgan fingerprint density at radius 1 is 1.09 bits per heavy atom. The number of aromatic hydroxyl groups is 1. The Bertz CT molecular complexity index is 843. The molecule has 0 aliphatic heterocycles. The van der Waals surface area contributed by atoms with E-state index in [4.69, 9.17) is 9.47 Å². The van der Waals surface area contributed by atoms with Crippen molar-refractivity contribution in [3.63, 3.8) is 0 Å². The molecule has 1 heterocycles. The van der Waals surface area contributed by atoms with Crippen LogP contribution in [0, 0.1) is 0 Å². The summed E-state index contributed by atoms with van der Waals surface area (Å²) in [5, 5.41) is 10.5. The number of fused-ring (bicyclic) bond motifs is 1. The summed E-state index contributed by atoms with van der Waals surface area (Å²) >= 11 is 1.46. The third kappa shape index (κ3) is 2.87. The number of aromatic nitrogens is 1. The van der Waals surface area contributed by atoms with Crippen LogP contribution in [0.1, 0.15) is 5.56 Å². The Balaban J connectivity index is 1.89. The molecule has 0 aliphatic rings. The van der Waals surface area contributed by atoms with Crippen LogP contribution in [0.4, 0.5) is 5.13 Å². The van der Waals surface area contributed by atoms with Crippen LogP contribution < -0.4 is 9.47 Å². The number of aliphatic imine (C=N–C) groups is 1. The monoisotopic (exact) mass is 314 g/mol. The van der Waals surface area contributed by atoms with E-state index >= 15 is 0 Å². The number of thiazole rings is 1. The molecule has 22 heavy (non-hydrogen) atoms. The molecule has 0 saturated heterocycles. The van der Waals surface area contributed by atoms with Crippen LogP contribution in [0.15, 0.2) is 41.4 Å². The van der Waals surface area contributed by atoms with Gasteiger partial charge in [0.25, 0.3) is 0 Å². The largest absolute Gasteiger partial charge is 0.507 e. The van der Waals surface area contributed by atoms with Crippen molar-refractivity contribution in [1.29, 1.82) is 0 Å². The minimum absolute atomic E-state index is 0.117. The molecule has 0 bridgehead atoms. The Labute approximate surface area is 131 Å². The molecule has 0 radical (unpaired) electrons. The first-order valence-corrected chi connectivity index (χ1v) is 7.37. The average molecular weight is 314 g/mol. The highest BCUT2D eigenvalue weighted by molar-refractivity contribution is 7.22. The first-order chi connectivity index (χ1) is 10.7. The van der Waals surface area contributed by atoms with E-state index in [2.05, 4.69) is 9.98 Å². The van der Waals surface area contributed by atoms with E-state index in [-0.39, 0.29) is 5.75 Å². The van der Waals surface area contributed by atoms with Gasteiger partial charge in [0.1, 0.15) is 17.2 Å². The van der Waals surface area contributed by atoms with Crippen LogP contribution in [0.25, 0.3) is 10.2 Å². The van der Waals surface area contributed by atoms with Crippen molar-refractivity contribution in [2.24, 2.45) is 4.99 Å². The number of hydrogen-bond acceptors (Lipinski definition) is 6. The van der Waals surface area contributed by atoms with Gasteiger partial charge in [0, 0.05) is 17.8 Å². The second kappa shape index (κ2) is 6.03. The van der Waals surface area contributed by atoms with Gasteiger partial charge < -0.3 is 14.6 Å². The molecule has 5 nitrogen and oxygen atoms in total. The fraction of sp³-hybridized carbons (Fsp3) is 0.125. The average Bonchev–Trinajstić information content (AvgIpc) is 2.95. The van der Waals surface area contributed by atoms with Crippen LogP contribution in [0.2, 0.25) is 0 Å². The number of ether oxygens (including phenoxy) is 2. The highest BCUT2D eigenvalue weighted by Crippen LogP contribution is 2.31. The molecule has 6 heteroatoms. The van der Waals surface area contributed by atoms with Crippen LogP contribution in [0.5, 0.6) is 17.2 Å². The van der Waals surface area contributed by atoms with Crippen molar-refractivity contribution in [2.75, 3.05) is 14.2 Å². The molecule has 3 aromatic rings. The molecule has 0 amide bonds. The molecule has 0 aliphatic carbocycles. The van der Waals surface area contributed by atoms with Gasteiger partial charge in [-0.1, -0.05) is 11.3 Å². The molecule has 0 atom stereocenters. The molecule has 0 fully saturated rings. The van der Waals surface area contributed by atoms with E-state index in [0.29, 0.717) is 16.4 Å². The number of phenolic OH excluding ortho intramolecular Hbond substituents is 1. The van der Waals surface area contributed by atoms with Crippen molar-refractivity contribution in [3.8, 4) is 17.2 Å². The van der Waals surface area contributed by atoms with Gasteiger partial charge in [-0.3, -0.25) is 0 Å². The van der Waals surface area contributed by atoms with Crippen molar-refractivity contribution in [2.45, 2.75) is 0 Å². The topological polar surface area (TPSA) is 63.9 Å². The summed E-state index contributed by atoms with van der Waals surface area (Å²) in [5.74, 6) is 1.51. The molecule has 0 unspecified atom stereocenters. The van der Waals surface area contributed by atoms with E-state index in [1.54, 1.807) is 38.6 Å². The Hall–Kier alpha value is -2.60. The molecular formula is C16H14N2O3S. The molecule has 1 aromatic heterocycles. The predicted molar refractivity (Wildman–Crippen MR) is 88.1 cm³/mol. The smallest absolute Gasteiger partial charge is 0.210 e. The highest BCUT2D eigenvalue weighted by Gasteiger charge is 2.05. The summed E-state index contributed by atoms with van der Waals surface area (Å²) in [4.78, 5) is 8.75. The van der Waals surface area contributed by atoms with Crippen LogP contribution >= 0.6 is 11.3 Å². The standard InChI is InChI=1S/C16H14N2O3S/c1-20-11-4-3-10(14(19)7-11)9-17-16-18-13-6-5-12(21-2)8-15(13)22-16/h3-9,19H,1-2H3. The van der Waals surface area contributed by atoms with E-state index in [1.807, 2.05) is 18.2 Å². The maximum atomic E-state index is 9.90. The maximum Gasteiger partial charge on any atom is 0.210 e. The minimum Gasteiger partial charge on any atom is -0.507 e. The quantitative estimate of drug-likeness (QED) is 0.745. The lowest BCUT2D eigenvalue weighted by Gasteiger charge is -2.02. The predicted octanol–water partition coefficient (Wildman–Crippen LogP) is 3.77. The molecule has 0 saturated carbocycles. The van der Waals surface area contributed by atoms with E-state index in [0.717, 1.165) is 16.0 Å². The first-order valence-electron chi connectivity index (χ1n) is 6.55. The van der Waals surface area contributed by atoms with Gasteiger partial charge in [-0.15, -0.1) is 0 Å². The SMILES string of the molecule is COc1ccc(C=Nc2nc3ccc(OC)cc3s2)c(O)c1. The van der Waals surface area contributed by atoms with Gasteiger partial charge in [0.15, 0.2) is 0 Å². The lowest BCUT2D eigenvalue weighted by molar-refractivity contribution is 0.407. The Morgan fingerprint density at radius 2 is 1.82 bits per heavy atom. The number of nitrogens with zero attached hydrogens (tertiary/aromatic N) is 2. The summed E-state index contributed by atoms with van der Waals surface area (Å²) in [5.41, 5.74) is 1.48. The first kappa shape index (κ1) is 14.3. The van der Waals surface area contributed by atoms with Crippen LogP contribution in [0.3, 0.4) is 0 Å². The van der Waals surface area contributed by atoms with Crippen LogP contribution in [-0.2, 0) is 0 Å². The second-order valence-corrected chi connectivity index (χ2v) is 5.52. The van der Waals surface area contributed by atoms with Gasteiger partial charge in [-0.25, -0.2) is 9.98 Å². The molecule has 1 N–H and O–H groups in total. The van der Waals surface area contributed by atoms with Crippen molar-refractivity contribution < 1.29 is 14.6 Å². The zero-order chi connectivity index (χ0) is 15.5. The van der Waals surface area contributed by atoms with Gasteiger partial charge in [0.2, 0.25) is 5.13 Å². The molecule has 112 valence electrons. The third-order valence-electron chi connectivity index (χ3n) is 3.14. The zero-order valence-corrected chi connectivity index (χ0v) is 12.9. The summed E-state index contributed by atoms with van der Waals surface area (Å²) in [6, 6.07) is 10.7. The molecule has 0 spiro atoms. The summed E-state index contributed by atoms with van der Waals surface area (Å²) in [6.45, 7) is 0. The zero-order valence-electron chi connectivity index (χ0n) is 12.1. The molecule has 3 rings (SSSR count). The summed E-state index contributed by atoms with van der Waals surface area (Å²) < 4.78 is 11.2. The fourth-order valence-electron chi connectivity index (χ4n) is 1.96. The van der Waals surface area contributed by atoms with E-state index in [9.17, 15) is 5.11 Å². The lowest BCUT2D eigenvalue weighted by Crippen LogP contribution is -1.86. The van der Waals surface area contributed by atoms with Crippen molar-refractivity contribution >= 4 is 32.9 Å². The fourth-order valence-corrected chi connectivity index (χ4v) is 2.80. The highest BCUT2D eigenvalue weighted by atomic mass is 32.1. The number of hydrogen-bond donors (Lipinski definition) is 1. The molecular weight excluding hydrogens is 300 g/mol. The third-order valence-corrected chi connectivity index (χ3v) is 4.06. The maximum absolute atomic E-state index is 9.90. The molecule has 2 aromatic carbocycles. The second-order valence-electron chi connectivity index (χ2n) is 4.51. The Morgan fingerprint density at radius 3 is 2.55 bits per heavy atom. The van der Waals surface area contributed by atoms with Gasteiger partial charge >= 0.3 is 0 Å². The minimum atomic E-state index is 0.117. The van der Waals surface area contributed by atoms with Crippen molar-refractivity contribution in [1.82, 2.24) is 4.98 Å². The van der Waals surface area contributed by atoms with Gasteiger partial charge in [0.05, 0.1) is 24.4 Å². The van der Waals surface area contributed by atoms with E-state index in [1.165, 1.54) is 11.3 Å². The number of benzene rings is 2. The Kier molecular flexibility index (Phi) is 3.93. The number of phenols is 1. The van der Waals surface area contributed by atoms with Crippen LogP contribution in [-0.4, -0.2) is 30.5 Å². The summed E-state index contributed by atoms with van der Waals surface area (Å²) in [7, 11) is 3.19. The van der Waals surface area contributed by atoms with Gasteiger partial charge in [-0.2, -0.15) is 0 Å². The van der Waals surface area contributed by atoms with Crippen molar-refractivity contribution in [3.05, 3.63) is 42.0 Å².